The largest absolute Gasteiger partial charge is 1.00 e. The predicted molar refractivity (Wildman–Crippen MR) is 205 cm³/mol. The molecule has 0 bridgehead atoms. The number of halogens is 2. The summed E-state index contributed by atoms with van der Waals surface area (Å²) in [5, 5.41) is 5.58. The van der Waals surface area contributed by atoms with Crippen molar-refractivity contribution in [3.8, 4) is 0 Å². The molecule has 3 heteroatoms. The van der Waals surface area contributed by atoms with E-state index >= 15 is 0 Å². The van der Waals surface area contributed by atoms with Crippen LogP contribution in [0.4, 0.5) is 0 Å². The van der Waals surface area contributed by atoms with Crippen LogP contribution in [0.5, 0.6) is 0 Å². The molecule has 1 atom stereocenters. The average molecular weight is 769 g/mol. The van der Waals surface area contributed by atoms with E-state index in [1.165, 1.54) is 93.5 Å². The van der Waals surface area contributed by atoms with E-state index in [-0.39, 0.29) is 46.5 Å². The van der Waals surface area contributed by atoms with Crippen molar-refractivity contribution in [2.24, 2.45) is 16.7 Å². The second-order valence-electron chi connectivity index (χ2n) is 17.2. The molecule has 0 spiro atoms. The predicted octanol–water partition coefficient (Wildman–Crippen LogP) is 6.88. The quantitative estimate of drug-likeness (QED) is 0.186. The van der Waals surface area contributed by atoms with Crippen LogP contribution >= 0.6 is 0 Å². The maximum Gasteiger partial charge on any atom is -1.00 e. The van der Waals surface area contributed by atoms with Crippen LogP contribution in [-0.2, 0) is 35.1 Å². The van der Waals surface area contributed by atoms with Crippen LogP contribution < -0.4 is 24.8 Å². The van der Waals surface area contributed by atoms with Crippen molar-refractivity contribution >= 4 is 35.9 Å². The Morgan fingerprint density at radius 2 is 1.16 bits per heavy atom. The van der Waals surface area contributed by atoms with Crippen LogP contribution in [0.3, 0.4) is 0 Å². The van der Waals surface area contributed by atoms with Crippen LogP contribution in [0, 0.1) is 22.8 Å². The third-order valence-corrected chi connectivity index (χ3v) is 10.6. The first-order chi connectivity index (χ1) is 21.7. The van der Waals surface area contributed by atoms with Crippen molar-refractivity contribution < 1.29 is 49.0 Å². The Morgan fingerprint density at radius 3 is 1.45 bits per heavy atom. The number of fused-ring (bicyclic) bond motifs is 5. The van der Waals surface area contributed by atoms with Crippen LogP contribution in [-0.4, -0.2) is 3.21 Å². The first-order valence-corrected chi connectivity index (χ1v) is 18.5. The van der Waals surface area contributed by atoms with E-state index in [1.807, 2.05) is 12.1 Å². The van der Waals surface area contributed by atoms with Crippen molar-refractivity contribution in [3.63, 3.8) is 0 Å². The van der Waals surface area contributed by atoms with Gasteiger partial charge in [0.2, 0.25) is 0 Å². The summed E-state index contributed by atoms with van der Waals surface area (Å²) in [5.41, 5.74) is 12.0. The number of hydrogen-bond acceptors (Lipinski definition) is 0. The van der Waals surface area contributed by atoms with Gasteiger partial charge in [0, 0.05) is 10.8 Å². The van der Waals surface area contributed by atoms with Gasteiger partial charge in [0.1, 0.15) is 0 Å². The summed E-state index contributed by atoms with van der Waals surface area (Å²) < 4.78 is 1.46. The summed E-state index contributed by atoms with van der Waals surface area (Å²) in [6, 6.07) is 22.8. The zero-order chi connectivity index (χ0) is 34.7. The first-order valence-electron chi connectivity index (χ1n) is 17.3. The van der Waals surface area contributed by atoms with Gasteiger partial charge in [-0.3, -0.25) is 6.08 Å². The Morgan fingerprint density at radius 1 is 0.735 bits per heavy atom. The van der Waals surface area contributed by atoms with Gasteiger partial charge >= 0.3 is 70.3 Å². The number of allylic oxidation sites excluding steroid dienone is 8. The third kappa shape index (κ3) is 8.66. The van der Waals surface area contributed by atoms with Gasteiger partial charge in [-0.15, -0.1) is 46.7 Å². The Labute approximate surface area is 324 Å². The van der Waals surface area contributed by atoms with Gasteiger partial charge < -0.3 is 24.8 Å². The summed E-state index contributed by atoms with van der Waals surface area (Å²) in [6.07, 6.45) is 12.4. The van der Waals surface area contributed by atoms with Crippen molar-refractivity contribution in [1.29, 1.82) is 0 Å². The molecular formula is C46H54Cl2Zr-2. The maximum absolute atomic E-state index is 3.15. The van der Waals surface area contributed by atoms with Crippen molar-refractivity contribution in [2.45, 2.75) is 101 Å². The monoisotopic (exact) mass is 766 g/mol. The fourth-order valence-corrected chi connectivity index (χ4v) is 7.74. The molecule has 3 aliphatic rings. The molecule has 3 aliphatic carbocycles. The Bertz CT molecular complexity index is 1870. The molecule has 49 heavy (non-hydrogen) atoms. The molecular weight excluding hydrogens is 715 g/mol. The van der Waals surface area contributed by atoms with Crippen LogP contribution in [0.15, 0.2) is 90.5 Å². The fourth-order valence-electron chi connectivity index (χ4n) is 7.33. The summed E-state index contributed by atoms with van der Waals surface area (Å²) >= 11 is 1.51. The van der Waals surface area contributed by atoms with Gasteiger partial charge in [-0.25, -0.2) is 11.6 Å². The Hall–Kier alpha value is -2.18. The number of rotatable bonds is 1. The minimum absolute atomic E-state index is 0. The van der Waals surface area contributed by atoms with E-state index < -0.39 is 0 Å². The van der Waals surface area contributed by atoms with E-state index in [9.17, 15) is 0 Å². The summed E-state index contributed by atoms with van der Waals surface area (Å²) in [4.78, 5) is 0. The normalized spacial score (nSPS) is 18.1. The summed E-state index contributed by atoms with van der Waals surface area (Å²) in [7, 11) is 0. The number of hydrogen-bond donors (Lipinski definition) is 0. The van der Waals surface area contributed by atoms with Gasteiger partial charge in [-0.1, -0.05) is 117 Å². The number of benzene rings is 3. The van der Waals surface area contributed by atoms with Gasteiger partial charge in [-0.05, 0) is 33.1 Å². The van der Waals surface area contributed by atoms with Crippen LogP contribution in [0.25, 0.3) is 32.7 Å². The fraction of sp³-hybridized carbons (Fsp3) is 0.391. The zero-order valence-corrected chi connectivity index (χ0v) is 35.9. The molecule has 258 valence electrons. The first kappa shape index (κ1) is 41.2. The van der Waals surface area contributed by atoms with Gasteiger partial charge in [0.25, 0.3) is 0 Å². The molecule has 0 radical (unpaired) electrons. The van der Waals surface area contributed by atoms with E-state index in [0.29, 0.717) is 5.92 Å². The summed E-state index contributed by atoms with van der Waals surface area (Å²) in [5.74, 6) is 0.556. The van der Waals surface area contributed by atoms with E-state index in [2.05, 4.69) is 169 Å². The molecule has 0 fully saturated rings. The smallest absolute Gasteiger partial charge is 1.00 e. The van der Waals surface area contributed by atoms with E-state index in [0.717, 1.165) is 0 Å². The van der Waals surface area contributed by atoms with Crippen molar-refractivity contribution in [2.75, 3.05) is 0 Å². The molecule has 0 heterocycles. The molecule has 0 nitrogen and oxygen atoms in total. The molecule has 4 aromatic rings. The minimum atomic E-state index is 0. The van der Waals surface area contributed by atoms with Gasteiger partial charge in [-0.2, -0.15) is 6.08 Å². The minimum Gasteiger partial charge on any atom is -1.00 e. The van der Waals surface area contributed by atoms with Gasteiger partial charge in [0.15, 0.2) is 0 Å². The zero-order valence-electron chi connectivity index (χ0n) is 31.9. The molecule has 0 aromatic heterocycles. The van der Waals surface area contributed by atoms with E-state index in [1.54, 1.807) is 0 Å². The Balaban J connectivity index is 0.000000298. The molecule has 0 aliphatic heterocycles. The summed E-state index contributed by atoms with van der Waals surface area (Å²) in [6.45, 7) is 29.9. The Kier molecular flexibility index (Phi) is 12.5. The van der Waals surface area contributed by atoms with E-state index in [4.69, 9.17) is 0 Å². The topological polar surface area (TPSA) is 0 Å². The molecule has 0 saturated heterocycles. The second kappa shape index (κ2) is 14.8. The van der Waals surface area contributed by atoms with Crippen LogP contribution in [0.1, 0.15) is 118 Å². The third-order valence-electron chi connectivity index (χ3n) is 9.87. The molecule has 0 amide bonds. The molecule has 7 rings (SSSR count). The molecule has 0 saturated carbocycles. The van der Waals surface area contributed by atoms with Crippen molar-refractivity contribution in [1.82, 2.24) is 0 Å². The molecule has 0 N–H and O–H groups in total. The van der Waals surface area contributed by atoms with Crippen LogP contribution in [0.2, 0.25) is 0 Å². The van der Waals surface area contributed by atoms with Gasteiger partial charge in [0.05, 0.1) is 0 Å². The average Bonchev–Trinajstić information content (AvgIpc) is 3.68. The standard InChI is InChI=1S/C31H37.C8H8.C7H9.2ClH.Zr/c1-28(2,3)26-16-30(7,8)24-12-18-11-19-13-25-23(15-21(19)20(18)14-22(24)26)27(29(4,5)6)17-31(25,9)10;1-2-8-6-4-3-5-7-8;1-6-3-4-7(2)5-6;;;/h11-17H,1-10H3;3-7H,1H3;3,5,7H,1-2H3;2*1H;/q-1;;-1;;;+2/p-2. The second-order valence-corrected chi connectivity index (χ2v) is 19.0. The molecule has 4 aromatic carbocycles. The SMILES string of the molecule is CC(C)(C)C1=CC(C)(C)c2cc3[cH-]c4cc5c(cc4c3cc21)C(C(C)(C)C)=CC5(C)C.CC1=CC(C)[C-]=C1.C[C](=[Zr+2])c1ccccc1.[Cl-].[Cl-]. The maximum atomic E-state index is 3.15. The van der Waals surface area contributed by atoms with Crippen molar-refractivity contribution in [3.05, 3.63) is 124 Å². The molecule has 1 unspecified atom stereocenters.